The second kappa shape index (κ2) is 14.5. The minimum Gasteiger partial charge on any atom is -0.508 e. The zero-order chi connectivity index (χ0) is 29.1. The molecule has 0 saturated heterocycles. The lowest BCUT2D eigenvalue weighted by Crippen LogP contribution is -2.58. The summed E-state index contributed by atoms with van der Waals surface area (Å²) in [6.45, 7) is 3.24. The number of phenolic OH excluding ortho intramolecular Hbond substituents is 1. The molecule has 4 atom stereocenters. The summed E-state index contributed by atoms with van der Waals surface area (Å²) in [6, 6.07) is 1.00. The minimum absolute atomic E-state index is 0.00360. The number of nitrogens with one attached hydrogen (secondary N) is 4. The zero-order valence-electron chi connectivity index (χ0n) is 21.6. The quantitative estimate of drug-likeness (QED) is 0.140. The fourth-order valence-electron chi connectivity index (χ4n) is 3.63. The van der Waals surface area contributed by atoms with Gasteiger partial charge in [0, 0.05) is 31.2 Å². The summed E-state index contributed by atoms with van der Waals surface area (Å²) < 4.78 is 0. The van der Waals surface area contributed by atoms with Crippen LogP contribution < -0.4 is 21.7 Å². The van der Waals surface area contributed by atoms with E-state index in [9.17, 15) is 34.2 Å². The molecule has 3 amide bonds. The van der Waals surface area contributed by atoms with E-state index in [-0.39, 0.29) is 31.4 Å². The molecule has 1 heterocycles. The van der Waals surface area contributed by atoms with Crippen LogP contribution in [0.2, 0.25) is 0 Å². The normalized spacial score (nSPS) is 14.1. The van der Waals surface area contributed by atoms with Crippen molar-refractivity contribution in [2.24, 2.45) is 11.7 Å². The van der Waals surface area contributed by atoms with Crippen LogP contribution in [0, 0.1) is 5.92 Å². The smallest absolute Gasteiger partial charge is 0.326 e. The van der Waals surface area contributed by atoms with E-state index < -0.39 is 59.7 Å². The second-order valence-corrected chi connectivity index (χ2v) is 9.38. The number of aromatic amines is 1. The monoisotopic (exact) mass is 546 g/mol. The predicted octanol–water partition coefficient (Wildman–Crippen LogP) is -0.712. The summed E-state index contributed by atoms with van der Waals surface area (Å²) in [5, 5.41) is 35.4. The van der Waals surface area contributed by atoms with Gasteiger partial charge in [0.05, 0.1) is 12.4 Å². The van der Waals surface area contributed by atoms with Crippen LogP contribution in [-0.4, -0.2) is 79.1 Å². The number of nitrogens with two attached hydrogens (primary N) is 1. The molecule has 4 unspecified atom stereocenters. The van der Waals surface area contributed by atoms with E-state index in [1.54, 1.807) is 26.0 Å². The third-order valence-electron chi connectivity index (χ3n) is 5.86. The van der Waals surface area contributed by atoms with Gasteiger partial charge in [-0.15, -0.1) is 0 Å². The van der Waals surface area contributed by atoms with Gasteiger partial charge in [0.1, 0.15) is 23.9 Å². The SMILES string of the molecule is CC(C)C(NC(=O)C(Cc1ccc(O)cc1)NC(=O)C(Cc1cnc[nH]1)NC(=O)C(N)CCC(=O)O)C(=O)O. The number of hydrogen-bond acceptors (Lipinski definition) is 8. The molecule has 0 fully saturated rings. The number of aromatic nitrogens is 2. The first-order valence-electron chi connectivity index (χ1n) is 12.2. The van der Waals surface area contributed by atoms with Crippen LogP contribution in [0.15, 0.2) is 36.8 Å². The number of amides is 3. The van der Waals surface area contributed by atoms with E-state index in [2.05, 4.69) is 25.9 Å². The average molecular weight is 547 g/mol. The van der Waals surface area contributed by atoms with Crippen LogP contribution in [0.5, 0.6) is 5.75 Å². The Morgan fingerprint density at radius 3 is 2.05 bits per heavy atom. The van der Waals surface area contributed by atoms with Crippen LogP contribution in [-0.2, 0) is 36.8 Å². The molecular weight excluding hydrogens is 512 g/mol. The van der Waals surface area contributed by atoms with Crippen molar-refractivity contribution in [3.8, 4) is 5.75 Å². The van der Waals surface area contributed by atoms with Crippen molar-refractivity contribution in [3.63, 3.8) is 0 Å². The van der Waals surface area contributed by atoms with Gasteiger partial charge < -0.3 is 42.0 Å². The van der Waals surface area contributed by atoms with E-state index in [1.165, 1.54) is 24.7 Å². The van der Waals surface area contributed by atoms with Gasteiger partial charge in [-0.25, -0.2) is 9.78 Å². The van der Waals surface area contributed by atoms with Crippen molar-refractivity contribution >= 4 is 29.7 Å². The van der Waals surface area contributed by atoms with Crippen LogP contribution in [0.4, 0.5) is 0 Å². The maximum Gasteiger partial charge on any atom is 0.326 e. The van der Waals surface area contributed by atoms with Crippen molar-refractivity contribution in [3.05, 3.63) is 48.0 Å². The lowest BCUT2D eigenvalue weighted by molar-refractivity contribution is -0.143. The topological polar surface area (TPSA) is 237 Å². The zero-order valence-corrected chi connectivity index (χ0v) is 21.6. The molecule has 2 rings (SSSR count). The van der Waals surface area contributed by atoms with Gasteiger partial charge in [0.15, 0.2) is 0 Å². The highest BCUT2D eigenvalue weighted by Gasteiger charge is 2.32. The van der Waals surface area contributed by atoms with Crippen LogP contribution in [0.3, 0.4) is 0 Å². The molecule has 39 heavy (non-hydrogen) atoms. The molecule has 1 aromatic heterocycles. The number of rotatable bonds is 15. The summed E-state index contributed by atoms with van der Waals surface area (Å²) in [7, 11) is 0. The number of phenols is 1. The van der Waals surface area contributed by atoms with Gasteiger partial charge in [0.2, 0.25) is 17.7 Å². The molecule has 0 aliphatic heterocycles. The van der Waals surface area contributed by atoms with Crippen molar-refractivity contribution < 1.29 is 39.3 Å². The number of carbonyl (C=O) groups excluding carboxylic acids is 3. The number of aromatic hydroxyl groups is 1. The highest BCUT2D eigenvalue weighted by Crippen LogP contribution is 2.13. The molecule has 212 valence electrons. The Morgan fingerprint density at radius 2 is 1.51 bits per heavy atom. The van der Waals surface area contributed by atoms with Gasteiger partial charge in [-0.2, -0.15) is 0 Å². The van der Waals surface area contributed by atoms with E-state index in [1.807, 2.05) is 0 Å². The molecule has 0 aliphatic carbocycles. The first-order chi connectivity index (χ1) is 18.4. The number of nitrogens with zero attached hydrogens (tertiary/aromatic N) is 1. The molecule has 2 aromatic rings. The molecule has 0 bridgehead atoms. The first kappa shape index (κ1) is 30.8. The van der Waals surface area contributed by atoms with Gasteiger partial charge in [-0.3, -0.25) is 19.2 Å². The van der Waals surface area contributed by atoms with Gasteiger partial charge in [-0.05, 0) is 30.0 Å². The summed E-state index contributed by atoms with van der Waals surface area (Å²) >= 11 is 0. The summed E-state index contributed by atoms with van der Waals surface area (Å²) in [4.78, 5) is 68.4. The number of benzene rings is 1. The number of carboxylic acids is 2. The molecule has 0 aliphatic rings. The fraction of sp³-hybridized carbons (Fsp3) is 0.440. The molecule has 0 saturated carbocycles. The Balaban J connectivity index is 2.28. The first-order valence-corrected chi connectivity index (χ1v) is 12.2. The third kappa shape index (κ3) is 10.1. The van der Waals surface area contributed by atoms with Crippen LogP contribution >= 0.6 is 0 Å². The number of hydrogen-bond donors (Lipinski definition) is 8. The molecule has 14 heteroatoms. The predicted molar refractivity (Wildman–Crippen MR) is 137 cm³/mol. The second-order valence-electron chi connectivity index (χ2n) is 9.38. The molecule has 14 nitrogen and oxygen atoms in total. The Labute approximate surface area is 224 Å². The van der Waals surface area contributed by atoms with Crippen molar-refractivity contribution in [2.45, 2.75) is 63.7 Å². The molecular formula is C25H34N6O8. The lowest BCUT2D eigenvalue weighted by atomic mass is 10.0. The molecule has 0 radical (unpaired) electrons. The van der Waals surface area contributed by atoms with Gasteiger partial charge in [0.25, 0.3) is 0 Å². The minimum atomic E-state index is -1.25. The molecule has 0 spiro atoms. The summed E-state index contributed by atoms with van der Waals surface area (Å²) in [5.41, 5.74) is 6.85. The Kier molecular flexibility index (Phi) is 11.4. The van der Waals surface area contributed by atoms with E-state index >= 15 is 0 Å². The molecule has 1 aromatic carbocycles. The van der Waals surface area contributed by atoms with Gasteiger partial charge >= 0.3 is 11.9 Å². The third-order valence-corrected chi connectivity index (χ3v) is 5.86. The van der Waals surface area contributed by atoms with E-state index in [0.29, 0.717) is 11.3 Å². The van der Waals surface area contributed by atoms with Crippen molar-refractivity contribution in [2.75, 3.05) is 0 Å². The maximum absolute atomic E-state index is 13.4. The Hall–Kier alpha value is -4.46. The average Bonchev–Trinajstić information content (AvgIpc) is 3.38. The van der Waals surface area contributed by atoms with Crippen molar-refractivity contribution in [1.82, 2.24) is 25.9 Å². The fourth-order valence-corrected chi connectivity index (χ4v) is 3.63. The standard InChI is InChI=1S/C25H34N6O8/c1-13(2)21(25(38)39)31-24(37)18(9-14-3-5-16(32)6-4-14)30-23(36)19(10-15-11-27-12-28-15)29-22(35)17(26)7-8-20(33)34/h3-6,11-13,17-19,21,32H,7-10,26H2,1-2H3,(H,27,28)(H,29,35)(H,30,36)(H,31,37)(H,33,34)(H,38,39). The van der Waals surface area contributed by atoms with E-state index in [4.69, 9.17) is 10.8 Å². The maximum atomic E-state index is 13.4. The summed E-state index contributed by atoms with van der Waals surface area (Å²) in [5.74, 6) is -5.11. The Bertz CT molecular complexity index is 1140. The van der Waals surface area contributed by atoms with E-state index in [0.717, 1.165) is 0 Å². The number of aliphatic carboxylic acids is 2. The Morgan fingerprint density at radius 1 is 0.923 bits per heavy atom. The number of H-pyrrole nitrogens is 1. The number of imidazole rings is 1. The van der Waals surface area contributed by atoms with Crippen LogP contribution in [0.25, 0.3) is 0 Å². The lowest BCUT2D eigenvalue weighted by Gasteiger charge is -2.26. The largest absolute Gasteiger partial charge is 0.508 e. The highest BCUT2D eigenvalue weighted by atomic mass is 16.4. The number of carboxylic acid groups (broad SMARTS) is 2. The van der Waals surface area contributed by atoms with Crippen LogP contribution in [0.1, 0.15) is 37.9 Å². The van der Waals surface area contributed by atoms with Crippen molar-refractivity contribution in [1.29, 1.82) is 0 Å². The molecule has 9 N–H and O–H groups in total. The summed E-state index contributed by atoms with van der Waals surface area (Å²) in [6.07, 6.45) is 2.21. The van der Waals surface area contributed by atoms with Gasteiger partial charge in [-0.1, -0.05) is 26.0 Å². The number of carbonyl (C=O) groups is 5. The highest BCUT2D eigenvalue weighted by molar-refractivity contribution is 5.94.